The molecule has 3 heteroatoms. The van der Waals surface area contributed by atoms with Crippen LogP contribution in [0.2, 0.25) is 0 Å². The molecule has 0 aromatic heterocycles. The maximum absolute atomic E-state index is 5.89. The van der Waals surface area contributed by atoms with E-state index in [1.807, 2.05) is 30.3 Å². The summed E-state index contributed by atoms with van der Waals surface area (Å²) in [6.07, 6.45) is 0. The highest BCUT2D eigenvalue weighted by Gasteiger charge is 2.05. The maximum Gasteiger partial charge on any atom is 0.149 e. The molecule has 0 amide bonds. The summed E-state index contributed by atoms with van der Waals surface area (Å²) in [5.41, 5.74) is 1.71. The molecule has 0 aliphatic heterocycles. The van der Waals surface area contributed by atoms with Crippen molar-refractivity contribution in [2.75, 3.05) is 14.1 Å². The van der Waals surface area contributed by atoms with Crippen molar-refractivity contribution in [2.24, 2.45) is 9.98 Å². The van der Waals surface area contributed by atoms with E-state index in [-0.39, 0.29) is 0 Å². The molecule has 13 heavy (non-hydrogen) atoms. The van der Waals surface area contributed by atoms with Crippen molar-refractivity contribution < 1.29 is 0 Å². The zero-order valence-corrected chi connectivity index (χ0v) is 8.42. The molecule has 0 N–H and O–H groups in total. The quantitative estimate of drug-likeness (QED) is 0.646. The fourth-order valence-electron chi connectivity index (χ4n) is 1.04. The van der Waals surface area contributed by atoms with Crippen molar-refractivity contribution in [3.05, 3.63) is 35.9 Å². The van der Waals surface area contributed by atoms with Crippen LogP contribution in [0, 0.1) is 0 Å². The monoisotopic (exact) mass is 194 g/mol. The highest BCUT2D eigenvalue weighted by Crippen LogP contribution is 2.04. The molecule has 1 rings (SSSR count). The Labute approximate surface area is 83.0 Å². The van der Waals surface area contributed by atoms with Crippen LogP contribution in [-0.2, 0) is 0 Å². The van der Waals surface area contributed by atoms with Gasteiger partial charge >= 0.3 is 0 Å². The average molecular weight is 195 g/mol. The molecule has 0 saturated carbocycles. The van der Waals surface area contributed by atoms with E-state index in [1.165, 1.54) is 0 Å². The molecule has 1 aromatic rings. The molecule has 2 nitrogen and oxygen atoms in total. The molecule has 68 valence electrons. The molecule has 1 aromatic carbocycles. The number of nitrogens with zero attached hydrogens (tertiary/aromatic N) is 2. The first-order valence-electron chi connectivity index (χ1n) is 3.94. The van der Waals surface area contributed by atoms with Crippen LogP contribution >= 0.6 is 11.6 Å². The van der Waals surface area contributed by atoms with Gasteiger partial charge in [0.2, 0.25) is 0 Å². The third-order valence-corrected chi connectivity index (χ3v) is 2.01. The summed E-state index contributed by atoms with van der Waals surface area (Å²) in [5.74, 6) is 0. The fourth-order valence-corrected chi connectivity index (χ4v) is 1.24. The third-order valence-electron chi connectivity index (χ3n) is 1.66. The smallest absolute Gasteiger partial charge is 0.149 e. The molecular formula is C10H11ClN2. The number of hydrogen-bond donors (Lipinski definition) is 0. The third kappa shape index (κ3) is 2.39. The largest absolute Gasteiger partial charge is 0.285 e. The van der Waals surface area contributed by atoms with E-state index in [4.69, 9.17) is 11.6 Å². The van der Waals surface area contributed by atoms with E-state index in [9.17, 15) is 0 Å². The number of halogens is 1. The summed E-state index contributed by atoms with van der Waals surface area (Å²) >= 11 is 5.89. The lowest BCUT2D eigenvalue weighted by molar-refractivity contribution is 1.42. The SMILES string of the molecule is CN=C(Cl)C(=NC)c1ccccc1. The molecule has 0 heterocycles. The van der Waals surface area contributed by atoms with Crippen LogP contribution < -0.4 is 0 Å². The predicted octanol–water partition coefficient (Wildman–Crippen LogP) is 2.37. The minimum absolute atomic E-state index is 0.439. The van der Waals surface area contributed by atoms with E-state index in [0.717, 1.165) is 11.3 Å². The van der Waals surface area contributed by atoms with Crippen LogP contribution in [0.1, 0.15) is 5.56 Å². The van der Waals surface area contributed by atoms with Crippen LogP contribution in [0.4, 0.5) is 0 Å². The van der Waals surface area contributed by atoms with Gasteiger partial charge in [0.1, 0.15) is 10.9 Å². The molecule has 0 aliphatic rings. The second-order valence-corrected chi connectivity index (χ2v) is 2.81. The Morgan fingerprint density at radius 3 is 2.15 bits per heavy atom. The minimum Gasteiger partial charge on any atom is -0.285 e. The lowest BCUT2D eigenvalue weighted by atomic mass is 10.1. The van der Waals surface area contributed by atoms with Crippen molar-refractivity contribution in [3.8, 4) is 0 Å². The van der Waals surface area contributed by atoms with Gasteiger partial charge in [-0.25, -0.2) is 0 Å². The zero-order valence-electron chi connectivity index (χ0n) is 7.66. The Kier molecular flexibility index (Phi) is 3.65. The number of aliphatic imine (C=N–C) groups is 2. The average Bonchev–Trinajstić information content (AvgIpc) is 2.20. The summed E-state index contributed by atoms with van der Waals surface area (Å²) in [5, 5.41) is 0.439. The van der Waals surface area contributed by atoms with Crippen LogP contribution in [0.5, 0.6) is 0 Å². The first-order valence-corrected chi connectivity index (χ1v) is 4.32. The van der Waals surface area contributed by atoms with Gasteiger partial charge in [-0.1, -0.05) is 41.9 Å². The second-order valence-electron chi connectivity index (χ2n) is 2.45. The summed E-state index contributed by atoms with van der Waals surface area (Å²) in [6, 6.07) is 9.75. The van der Waals surface area contributed by atoms with E-state index in [0.29, 0.717) is 5.17 Å². The molecular weight excluding hydrogens is 184 g/mol. The van der Waals surface area contributed by atoms with Crippen molar-refractivity contribution >= 4 is 22.5 Å². The molecule has 0 unspecified atom stereocenters. The maximum atomic E-state index is 5.89. The molecule has 0 aliphatic carbocycles. The van der Waals surface area contributed by atoms with Crippen LogP contribution in [0.15, 0.2) is 40.3 Å². The first kappa shape index (κ1) is 9.93. The van der Waals surface area contributed by atoms with Gasteiger partial charge in [0.25, 0.3) is 0 Å². The van der Waals surface area contributed by atoms with Gasteiger partial charge in [-0.05, 0) is 0 Å². The summed E-state index contributed by atoms with van der Waals surface area (Å²) in [7, 11) is 3.35. The topological polar surface area (TPSA) is 24.7 Å². The van der Waals surface area contributed by atoms with E-state index in [1.54, 1.807) is 14.1 Å². The molecule has 0 spiro atoms. The zero-order chi connectivity index (χ0) is 9.68. The van der Waals surface area contributed by atoms with Crippen molar-refractivity contribution in [3.63, 3.8) is 0 Å². The summed E-state index contributed by atoms with van der Waals surface area (Å²) in [4.78, 5) is 7.97. The summed E-state index contributed by atoms with van der Waals surface area (Å²) < 4.78 is 0. The van der Waals surface area contributed by atoms with Crippen LogP contribution in [-0.4, -0.2) is 25.0 Å². The van der Waals surface area contributed by atoms with Gasteiger partial charge in [0.05, 0.1) is 0 Å². The molecule has 0 bridgehead atoms. The second kappa shape index (κ2) is 4.77. The van der Waals surface area contributed by atoms with Gasteiger partial charge in [-0.3, -0.25) is 9.98 Å². The Morgan fingerprint density at radius 1 is 1.08 bits per heavy atom. The minimum atomic E-state index is 0.439. The van der Waals surface area contributed by atoms with Gasteiger partial charge in [0.15, 0.2) is 0 Å². The Morgan fingerprint density at radius 2 is 1.69 bits per heavy atom. The molecule has 0 fully saturated rings. The predicted molar refractivity (Wildman–Crippen MR) is 58.1 cm³/mol. The Balaban J connectivity index is 3.07. The molecule has 0 atom stereocenters. The lowest BCUT2D eigenvalue weighted by Crippen LogP contribution is -2.09. The molecule has 0 saturated heterocycles. The Hall–Kier alpha value is -1.15. The van der Waals surface area contributed by atoms with Gasteiger partial charge < -0.3 is 0 Å². The van der Waals surface area contributed by atoms with Crippen LogP contribution in [0.3, 0.4) is 0 Å². The lowest BCUT2D eigenvalue weighted by Gasteiger charge is -2.01. The van der Waals surface area contributed by atoms with Crippen LogP contribution in [0.25, 0.3) is 0 Å². The number of rotatable bonds is 2. The highest BCUT2D eigenvalue weighted by molar-refractivity contribution is 6.85. The Bertz CT molecular complexity index is 328. The number of benzene rings is 1. The van der Waals surface area contributed by atoms with Gasteiger partial charge in [-0.2, -0.15) is 0 Å². The normalized spacial score (nSPS) is 13.2. The number of hydrogen-bond acceptors (Lipinski definition) is 2. The van der Waals surface area contributed by atoms with E-state index >= 15 is 0 Å². The van der Waals surface area contributed by atoms with Crippen molar-refractivity contribution in [1.82, 2.24) is 0 Å². The van der Waals surface area contributed by atoms with E-state index < -0.39 is 0 Å². The first-order chi connectivity index (χ1) is 6.29. The molecule has 0 radical (unpaired) electrons. The van der Waals surface area contributed by atoms with E-state index in [2.05, 4.69) is 9.98 Å². The fraction of sp³-hybridized carbons (Fsp3) is 0.200. The highest BCUT2D eigenvalue weighted by atomic mass is 35.5. The van der Waals surface area contributed by atoms with Crippen molar-refractivity contribution in [1.29, 1.82) is 0 Å². The standard InChI is InChI=1S/C10H11ClN2/c1-12-9(10(11)13-2)8-6-4-3-5-7-8/h3-7H,1-2H3. The van der Waals surface area contributed by atoms with Crippen molar-refractivity contribution in [2.45, 2.75) is 0 Å². The summed E-state index contributed by atoms with van der Waals surface area (Å²) in [6.45, 7) is 0. The van der Waals surface area contributed by atoms with Gasteiger partial charge in [0, 0.05) is 19.7 Å². The van der Waals surface area contributed by atoms with Gasteiger partial charge in [-0.15, -0.1) is 0 Å².